The molecule has 2 amide bonds. The van der Waals surface area contributed by atoms with Gasteiger partial charge in [-0.25, -0.2) is 14.6 Å². The smallest absolute Gasteiger partial charge is 0.347 e. The van der Waals surface area contributed by atoms with Gasteiger partial charge in [-0.15, -0.1) is 11.3 Å². The van der Waals surface area contributed by atoms with Crippen molar-refractivity contribution in [3.8, 4) is 0 Å². The fourth-order valence-corrected chi connectivity index (χ4v) is 5.02. The third-order valence-electron chi connectivity index (χ3n) is 4.28. The van der Waals surface area contributed by atoms with Crippen LogP contribution in [0.25, 0.3) is 10.1 Å². The highest BCUT2D eigenvalue weighted by molar-refractivity contribution is 7.18. The number of carbonyl (C=O) groups is 2. The first-order valence-corrected chi connectivity index (χ1v) is 9.94. The number of carboxylic acids is 1. The highest BCUT2D eigenvalue weighted by atomic mass is 35.5. The van der Waals surface area contributed by atoms with E-state index < -0.39 is 5.97 Å². The maximum atomic E-state index is 12.8. The Bertz CT molecular complexity index is 1030. The molecule has 2 aromatic heterocycles. The van der Waals surface area contributed by atoms with Crippen LogP contribution in [0.1, 0.15) is 20.9 Å². The summed E-state index contributed by atoms with van der Waals surface area (Å²) < 4.78 is 1.13. The Kier molecular flexibility index (Phi) is 4.34. The summed E-state index contributed by atoms with van der Waals surface area (Å²) in [6.45, 7) is 3.19. The van der Waals surface area contributed by atoms with E-state index in [0.717, 1.165) is 27.0 Å². The quantitative estimate of drug-likeness (QED) is 0.692. The number of fused-ring (bicyclic) bond motifs is 1. The number of hydrogen-bond acceptors (Lipinski definition) is 5. The molecule has 1 aliphatic rings. The second-order valence-corrected chi connectivity index (χ2v) is 8.30. The molecule has 1 N–H and O–H groups in total. The Morgan fingerprint density at radius 3 is 2.92 bits per heavy atom. The van der Waals surface area contributed by atoms with Crippen LogP contribution in [0.2, 0.25) is 5.02 Å². The van der Waals surface area contributed by atoms with Crippen molar-refractivity contribution in [2.75, 3.05) is 18.0 Å². The molecule has 9 heteroatoms. The van der Waals surface area contributed by atoms with Crippen LogP contribution in [0.4, 0.5) is 9.93 Å². The van der Waals surface area contributed by atoms with E-state index in [9.17, 15) is 14.7 Å². The van der Waals surface area contributed by atoms with E-state index in [0.29, 0.717) is 35.5 Å². The van der Waals surface area contributed by atoms with E-state index in [-0.39, 0.29) is 10.9 Å². The number of carboxylic acid groups (broad SMARTS) is 1. The predicted molar refractivity (Wildman–Crippen MR) is 104 cm³/mol. The SMILES string of the molecule is Cc1nc(N2CCN(Cc3csc4ccc(Cl)cc34)C2=O)sc1C(=O)O. The van der Waals surface area contributed by atoms with Gasteiger partial charge < -0.3 is 10.0 Å². The average Bonchev–Trinajstić information content (AvgIpc) is 3.27. The van der Waals surface area contributed by atoms with Crippen molar-refractivity contribution < 1.29 is 14.7 Å². The number of urea groups is 1. The lowest BCUT2D eigenvalue weighted by atomic mass is 10.2. The van der Waals surface area contributed by atoms with E-state index in [4.69, 9.17) is 11.6 Å². The molecule has 6 nitrogen and oxygen atoms in total. The molecule has 0 aliphatic carbocycles. The average molecular weight is 408 g/mol. The molecule has 1 aromatic carbocycles. The van der Waals surface area contributed by atoms with Crippen molar-refractivity contribution >= 4 is 61.5 Å². The highest BCUT2D eigenvalue weighted by Crippen LogP contribution is 2.32. The summed E-state index contributed by atoms with van der Waals surface area (Å²) in [4.78, 5) is 31.7. The Morgan fingerprint density at radius 2 is 2.19 bits per heavy atom. The van der Waals surface area contributed by atoms with Gasteiger partial charge in [0.2, 0.25) is 0 Å². The molecule has 0 saturated carbocycles. The fraction of sp³-hybridized carbons (Fsp3) is 0.235. The van der Waals surface area contributed by atoms with Crippen molar-refractivity contribution in [2.45, 2.75) is 13.5 Å². The van der Waals surface area contributed by atoms with Crippen LogP contribution in [0.5, 0.6) is 0 Å². The number of thiazole rings is 1. The summed E-state index contributed by atoms with van der Waals surface area (Å²) >= 11 is 8.76. The second-order valence-electron chi connectivity index (χ2n) is 5.97. The molecular weight excluding hydrogens is 394 g/mol. The zero-order valence-electron chi connectivity index (χ0n) is 13.7. The first-order valence-electron chi connectivity index (χ1n) is 7.87. The highest BCUT2D eigenvalue weighted by Gasteiger charge is 2.32. The lowest BCUT2D eigenvalue weighted by Gasteiger charge is -2.16. The van der Waals surface area contributed by atoms with Gasteiger partial charge in [0.25, 0.3) is 0 Å². The van der Waals surface area contributed by atoms with Crippen LogP contribution in [-0.4, -0.2) is 40.1 Å². The van der Waals surface area contributed by atoms with E-state index in [1.807, 2.05) is 23.6 Å². The van der Waals surface area contributed by atoms with E-state index >= 15 is 0 Å². The van der Waals surface area contributed by atoms with Gasteiger partial charge in [0.1, 0.15) is 4.88 Å². The summed E-state index contributed by atoms with van der Waals surface area (Å²) in [5.41, 5.74) is 1.49. The maximum absolute atomic E-state index is 12.8. The summed E-state index contributed by atoms with van der Waals surface area (Å²) in [5.74, 6) is -1.02. The summed E-state index contributed by atoms with van der Waals surface area (Å²) in [6.07, 6.45) is 0. The van der Waals surface area contributed by atoms with Gasteiger partial charge in [-0.1, -0.05) is 22.9 Å². The Hall–Kier alpha value is -2.16. The van der Waals surface area contributed by atoms with Gasteiger partial charge in [0, 0.05) is 29.4 Å². The van der Waals surface area contributed by atoms with Gasteiger partial charge >= 0.3 is 12.0 Å². The molecule has 26 heavy (non-hydrogen) atoms. The number of nitrogens with zero attached hydrogens (tertiary/aromatic N) is 3. The number of aromatic carboxylic acids is 1. The standard InChI is InChI=1S/C17H14ClN3O3S2/c1-9-14(15(22)23)26-16(19-9)21-5-4-20(17(21)24)7-10-8-25-13-3-2-11(18)6-12(10)13/h2-3,6,8H,4-5,7H2,1H3,(H,22,23). The van der Waals surface area contributed by atoms with E-state index in [1.54, 1.807) is 28.1 Å². The molecule has 0 unspecified atom stereocenters. The maximum Gasteiger partial charge on any atom is 0.347 e. The minimum absolute atomic E-state index is 0.155. The molecule has 1 fully saturated rings. The number of hydrogen-bond donors (Lipinski definition) is 1. The Labute approximate surface area is 162 Å². The number of thiophene rings is 1. The Morgan fingerprint density at radius 1 is 1.38 bits per heavy atom. The van der Waals surface area contributed by atoms with Crippen LogP contribution >= 0.6 is 34.3 Å². The predicted octanol–water partition coefficient (Wildman–Crippen LogP) is 4.46. The van der Waals surface area contributed by atoms with Crippen LogP contribution in [0.3, 0.4) is 0 Å². The number of carbonyl (C=O) groups excluding carboxylic acids is 1. The lowest BCUT2D eigenvalue weighted by Crippen LogP contribution is -2.31. The third kappa shape index (κ3) is 2.94. The molecule has 1 aliphatic heterocycles. The summed E-state index contributed by atoms with van der Waals surface area (Å²) in [6, 6.07) is 5.61. The van der Waals surface area contributed by atoms with Gasteiger partial charge in [0.15, 0.2) is 5.13 Å². The fourth-order valence-electron chi connectivity index (χ4n) is 2.98. The molecule has 3 heterocycles. The lowest BCUT2D eigenvalue weighted by molar-refractivity contribution is 0.0701. The largest absolute Gasteiger partial charge is 0.477 e. The van der Waals surface area contributed by atoms with Gasteiger partial charge in [-0.3, -0.25) is 4.90 Å². The number of aromatic nitrogens is 1. The molecule has 0 bridgehead atoms. The molecule has 4 rings (SSSR count). The number of anilines is 1. The summed E-state index contributed by atoms with van der Waals surface area (Å²) in [7, 11) is 0. The minimum Gasteiger partial charge on any atom is -0.477 e. The first kappa shape index (κ1) is 17.3. The van der Waals surface area contributed by atoms with Gasteiger partial charge in [0.05, 0.1) is 5.69 Å². The van der Waals surface area contributed by atoms with Crippen molar-refractivity contribution in [3.63, 3.8) is 0 Å². The number of amides is 2. The first-order chi connectivity index (χ1) is 12.4. The third-order valence-corrected chi connectivity index (χ3v) is 6.70. The van der Waals surface area contributed by atoms with Gasteiger partial charge in [-0.2, -0.15) is 0 Å². The molecule has 3 aromatic rings. The van der Waals surface area contributed by atoms with Crippen LogP contribution in [0.15, 0.2) is 23.6 Å². The molecular formula is C17H14ClN3O3S2. The Balaban J connectivity index is 1.56. The minimum atomic E-state index is -1.02. The number of aryl methyl sites for hydroxylation is 1. The zero-order valence-corrected chi connectivity index (χ0v) is 16.1. The monoisotopic (exact) mass is 407 g/mol. The van der Waals surface area contributed by atoms with Gasteiger partial charge in [-0.05, 0) is 41.5 Å². The number of rotatable bonds is 4. The zero-order chi connectivity index (χ0) is 18.4. The topological polar surface area (TPSA) is 73.7 Å². The van der Waals surface area contributed by atoms with E-state index in [1.165, 1.54) is 0 Å². The normalized spacial score (nSPS) is 14.6. The van der Waals surface area contributed by atoms with E-state index in [2.05, 4.69) is 4.98 Å². The van der Waals surface area contributed by atoms with Crippen molar-refractivity contribution in [3.05, 3.63) is 44.7 Å². The molecule has 1 saturated heterocycles. The molecule has 134 valence electrons. The van der Waals surface area contributed by atoms with Crippen LogP contribution in [0, 0.1) is 6.92 Å². The van der Waals surface area contributed by atoms with Crippen molar-refractivity contribution in [2.24, 2.45) is 0 Å². The molecule has 0 radical (unpaired) electrons. The number of benzene rings is 1. The molecule has 0 spiro atoms. The summed E-state index contributed by atoms with van der Waals surface area (Å²) in [5, 5.41) is 13.4. The van der Waals surface area contributed by atoms with Crippen molar-refractivity contribution in [1.29, 1.82) is 0 Å². The van der Waals surface area contributed by atoms with Crippen LogP contribution in [-0.2, 0) is 6.54 Å². The number of halogens is 1. The second kappa shape index (κ2) is 6.53. The van der Waals surface area contributed by atoms with Crippen LogP contribution < -0.4 is 4.90 Å². The molecule has 0 atom stereocenters. The van der Waals surface area contributed by atoms with Crippen molar-refractivity contribution in [1.82, 2.24) is 9.88 Å².